The van der Waals surface area contributed by atoms with Crippen LogP contribution in [0.15, 0.2) is 17.2 Å². The van der Waals surface area contributed by atoms with E-state index in [-0.39, 0.29) is 17.1 Å². The lowest BCUT2D eigenvalue weighted by Gasteiger charge is -2.20. The second kappa shape index (κ2) is 5.66. The molecule has 0 bridgehead atoms. The third kappa shape index (κ3) is 4.99. The van der Waals surface area contributed by atoms with Crippen molar-refractivity contribution in [1.29, 1.82) is 0 Å². The largest absolute Gasteiger partial charge is 0.336 e. The van der Waals surface area contributed by atoms with Gasteiger partial charge in [0.15, 0.2) is 0 Å². The number of carbonyl (C=O) groups excluding carboxylic acids is 1. The number of hydrogen-bond acceptors (Lipinski definition) is 3. The van der Waals surface area contributed by atoms with E-state index in [0.717, 1.165) is 0 Å². The van der Waals surface area contributed by atoms with Crippen molar-refractivity contribution < 1.29 is 4.79 Å². The number of nitrogens with zero attached hydrogens (tertiary/aromatic N) is 2. The number of hydrogen-bond donors (Lipinski definition) is 2. The van der Waals surface area contributed by atoms with Gasteiger partial charge in [-0.3, -0.25) is 9.36 Å². The van der Waals surface area contributed by atoms with Crippen molar-refractivity contribution in [2.24, 2.45) is 0 Å². The van der Waals surface area contributed by atoms with Gasteiger partial charge in [0, 0.05) is 30.4 Å². The summed E-state index contributed by atoms with van der Waals surface area (Å²) in [6.45, 7) is 8.26. The number of amides is 2. The molecule has 1 heterocycles. The van der Waals surface area contributed by atoms with Gasteiger partial charge in [0.2, 0.25) is 0 Å². The van der Waals surface area contributed by atoms with Crippen LogP contribution >= 0.6 is 0 Å². The number of aromatic nitrogens is 2. The number of aryl methyl sites for hydroxylation is 1. The Hall–Kier alpha value is -1.85. The number of nitrogens with one attached hydrogen (secondary N) is 2. The summed E-state index contributed by atoms with van der Waals surface area (Å²) in [5.41, 5.74) is 0.307. The maximum absolute atomic E-state index is 11.5. The van der Waals surface area contributed by atoms with E-state index in [1.807, 2.05) is 20.8 Å². The summed E-state index contributed by atoms with van der Waals surface area (Å²) in [6.07, 6.45) is 1.49. The van der Waals surface area contributed by atoms with Gasteiger partial charge >= 0.3 is 6.03 Å². The van der Waals surface area contributed by atoms with Crippen molar-refractivity contribution in [3.05, 3.63) is 28.4 Å². The SMILES string of the molecule is Cc1cc(=O)n(CCNC(=O)NC(C)(C)C)cn1. The van der Waals surface area contributed by atoms with Gasteiger partial charge in [-0.05, 0) is 27.7 Å². The molecule has 1 rings (SSSR count). The molecule has 0 aromatic carbocycles. The molecule has 100 valence electrons. The highest BCUT2D eigenvalue weighted by atomic mass is 16.2. The predicted octanol–water partition coefficient (Wildman–Crippen LogP) is 0.649. The van der Waals surface area contributed by atoms with Gasteiger partial charge in [0.05, 0.1) is 6.33 Å². The highest BCUT2D eigenvalue weighted by Crippen LogP contribution is 1.97. The normalized spacial score (nSPS) is 11.1. The monoisotopic (exact) mass is 252 g/mol. The Bertz CT molecular complexity index is 474. The van der Waals surface area contributed by atoms with Crippen LogP contribution in [-0.4, -0.2) is 27.7 Å². The van der Waals surface area contributed by atoms with Gasteiger partial charge in [-0.2, -0.15) is 0 Å². The Morgan fingerprint density at radius 3 is 2.67 bits per heavy atom. The molecule has 0 atom stereocenters. The molecule has 1 aromatic heterocycles. The van der Waals surface area contributed by atoms with Gasteiger partial charge in [-0.1, -0.05) is 0 Å². The highest BCUT2D eigenvalue weighted by Gasteiger charge is 2.12. The summed E-state index contributed by atoms with van der Waals surface area (Å²) in [6, 6.07) is 1.23. The van der Waals surface area contributed by atoms with Crippen LogP contribution in [0.4, 0.5) is 4.79 Å². The molecule has 0 saturated heterocycles. The lowest BCUT2D eigenvalue weighted by molar-refractivity contribution is 0.231. The first-order chi connectivity index (χ1) is 8.28. The van der Waals surface area contributed by atoms with E-state index >= 15 is 0 Å². The maximum atomic E-state index is 11.5. The van der Waals surface area contributed by atoms with E-state index in [1.165, 1.54) is 17.0 Å². The van der Waals surface area contributed by atoms with Crippen LogP contribution in [0.3, 0.4) is 0 Å². The molecule has 1 aromatic rings. The zero-order valence-electron chi connectivity index (χ0n) is 11.3. The average molecular weight is 252 g/mol. The van der Waals surface area contributed by atoms with Gasteiger partial charge in [0.1, 0.15) is 0 Å². The van der Waals surface area contributed by atoms with Crippen LogP contribution in [0.2, 0.25) is 0 Å². The molecule has 2 N–H and O–H groups in total. The van der Waals surface area contributed by atoms with E-state index < -0.39 is 0 Å². The zero-order chi connectivity index (χ0) is 13.8. The second-order valence-corrected chi connectivity index (χ2v) is 5.19. The minimum absolute atomic E-state index is 0.111. The van der Waals surface area contributed by atoms with E-state index in [9.17, 15) is 9.59 Å². The van der Waals surface area contributed by atoms with Crippen molar-refractivity contribution in [3.63, 3.8) is 0 Å². The molecule has 2 amide bonds. The minimum atomic E-state index is -0.271. The topological polar surface area (TPSA) is 76.0 Å². The van der Waals surface area contributed by atoms with E-state index in [2.05, 4.69) is 15.6 Å². The van der Waals surface area contributed by atoms with Gasteiger partial charge in [0.25, 0.3) is 5.56 Å². The number of urea groups is 1. The molecule has 0 fully saturated rings. The molecule has 0 radical (unpaired) electrons. The van der Waals surface area contributed by atoms with Gasteiger partial charge in [-0.25, -0.2) is 9.78 Å². The fraction of sp³-hybridized carbons (Fsp3) is 0.583. The first-order valence-corrected chi connectivity index (χ1v) is 5.87. The van der Waals surface area contributed by atoms with Crippen molar-refractivity contribution in [2.45, 2.75) is 39.8 Å². The molecular weight excluding hydrogens is 232 g/mol. The van der Waals surface area contributed by atoms with Crippen molar-refractivity contribution in [2.75, 3.05) is 6.54 Å². The number of rotatable bonds is 3. The Morgan fingerprint density at radius 2 is 2.11 bits per heavy atom. The molecule has 6 nitrogen and oxygen atoms in total. The molecule has 0 spiro atoms. The summed E-state index contributed by atoms with van der Waals surface area (Å²) in [7, 11) is 0. The first kappa shape index (κ1) is 14.2. The van der Waals surface area contributed by atoms with E-state index in [0.29, 0.717) is 18.8 Å². The van der Waals surface area contributed by atoms with Crippen molar-refractivity contribution >= 4 is 6.03 Å². The fourth-order valence-electron chi connectivity index (χ4n) is 1.36. The fourth-order valence-corrected chi connectivity index (χ4v) is 1.36. The van der Waals surface area contributed by atoms with Crippen LogP contribution in [-0.2, 0) is 6.54 Å². The van der Waals surface area contributed by atoms with Crippen LogP contribution in [0.5, 0.6) is 0 Å². The van der Waals surface area contributed by atoms with Crippen LogP contribution < -0.4 is 16.2 Å². The van der Waals surface area contributed by atoms with E-state index in [4.69, 9.17) is 0 Å². The second-order valence-electron chi connectivity index (χ2n) is 5.19. The molecule has 0 saturated carbocycles. The predicted molar refractivity (Wildman–Crippen MR) is 69.5 cm³/mol. The summed E-state index contributed by atoms with van der Waals surface area (Å²) in [4.78, 5) is 27.0. The van der Waals surface area contributed by atoms with Crippen molar-refractivity contribution in [3.8, 4) is 0 Å². The molecule has 0 aliphatic rings. The molecular formula is C12H20N4O2. The van der Waals surface area contributed by atoms with E-state index in [1.54, 1.807) is 6.92 Å². The summed E-state index contributed by atoms with van der Waals surface area (Å²) in [5.74, 6) is 0. The molecule has 18 heavy (non-hydrogen) atoms. The van der Waals surface area contributed by atoms with Crippen LogP contribution in [0.25, 0.3) is 0 Å². The first-order valence-electron chi connectivity index (χ1n) is 5.87. The van der Waals surface area contributed by atoms with Crippen molar-refractivity contribution in [1.82, 2.24) is 20.2 Å². The smallest absolute Gasteiger partial charge is 0.315 e. The lowest BCUT2D eigenvalue weighted by atomic mass is 10.1. The highest BCUT2D eigenvalue weighted by molar-refractivity contribution is 5.74. The molecule has 0 aliphatic carbocycles. The standard InChI is InChI=1S/C12H20N4O2/c1-9-7-10(17)16(8-14-9)6-5-13-11(18)15-12(2,3)4/h7-8H,5-6H2,1-4H3,(H2,13,15,18). The molecule has 0 unspecified atom stereocenters. The maximum Gasteiger partial charge on any atom is 0.315 e. The van der Waals surface area contributed by atoms with Gasteiger partial charge in [-0.15, -0.1) is 0 Å². The molecule has 0 aliphatic heterocycles. The van der Waals surface area contributed by atoms with Crippen LogP contribution in [0.1, 0.15) is 26.5 Å². The average Bonchev–Trinajstić information content (AvgIpc) is 2.18. The Morgan fingerprint density at radius 1 is 1.44 bits per heavy atom. The Labute approximate surface area is 106 Å². The molecule has 6 heteroatoms. The third-order valence-corrected chi connectivity index (χ3v) is 2.14. The van der Waals surface area contributed by atoms with Crippen LogP contribution in [0, 0.1) is 6.92 Å². The number of carbonyl (C=O) groups is 1. The minimum Gasteiger partial charge on any atom is -0.336 e. The summed E-state index contributed by atoms with van der Waals surface area (Å²) >= 11 is 0. The summed E-state index contributed by atoms with van der Waals surface area (Å²) < 4.78 is 1.46. The van der Waals surface area contributed by atoms with Gasteiger partial charge < -0.3 is 10.6 Å². The lowest BCUT2D eigenvalue weighted by Crippen LogP contribution is -2.47. The Balaban J connectivity index is 2.43. The zero-order valence-corrected chi connectivity index (χ0v) is 11.3. The summed E-state index contributed by atoms with van der Waals surface area (Å²) in [5, 5.41) is 5.47. The third-order valence-electron chi connectivity index (χ3n) is 2.14. The Kier molecular flexibility index (Phi) is 4.47. The quantitative estimate of drug-likeness (QED) is 0.829.